The Morgan fingerprint density at radius 2 is 1.92 bits per heavy atom. The number of hydrogen-bond acceptors (Lipinski definition) is 9. The number of benzene rings is 1. The van der Waals surface area contributed by atoms with Gasteiger partial charge in [-0.05, 0) is 67.0 Å². The van der Waals surface area contributed by atoms with Crippen molar-refractivity contribution in [3.8, 4) is 5.88 Å². The van der Waals surface area contributed by atoms with E-state index in [1.807, 2.05) is 30.3 Å². The number of sulfonamides is 1. The minimum absolute atomic E-state index is 0.0249. The van der Waals surface area contributed by atoms with Gasteiger partial charge in [-0.25, -0.2) is 18.2 Å². The minimum Gasteiger partial charge on any atom is -0.472 e. The molecule has 0 radical (unpaired) electrons. The van der Waals surface area contributed by atoms with Gasteiger partial charge in [0.15, 0.2) is 0 Å². The summed E-state index contributed by atoms with van der Waals surface area (Å²) in [5.74, 6) is -2.51. The second-order valence-corrected chi connectivity index (χ2v) is 17.0. The minimum atomic E-state index is -3.94. The van der Waals surface area contributed by atoms with E-state index in [0.717, 1.165) is 35.6 Å². The number of fused-ring (bicyclic) bond motifs is 3. The van der Waals surface area contributed by atoms with E-state index in [1.165, 1.54) is 17.1 Å². The molecule has 0 spiro atoms. The maximum atomic E-state index is 14.5. The van der Waals surface area contributed by atoms with Gasteiger partial charge in [-0.2, -0.15) is 0 Å². The third kappa shape index (κ3) is 7.86. The van der Waals surface area contributed by atoms with Crippen LogP contribution in [-0.2, 0) is 29.1 Å². The first-order valence-electron chi connectivity index (χ1n) is 17.9. The molecule has 2 aliphatic heterocycles. The van der Waals surface area contributed by atoms with Gasteiger partial charge in [0.1, 0.15) is 23.7 Å². The zero-order valence-corrected chi connectivity index (χ0v) is 30.6. The summed E-state index contributed by atoms with van der Waals surface area (Å²) in [5, 5.41) is 6.52. The molecule has 3 N–H and O–H groups in total. The number of alkyl carbamates (subject to hydrolysis) is 1. The molecule has 5 atom stereocenters. The standard InChI is InChI=1S/C38H47N5O8S/c1-5-26-16-18-38(26,35(46)42-52(48,49)28-14-15-28)41-32(44)30-22-27-23-43(30)34(45)31(37(2,3)4)40-36(47)50-20-10-8-6-7-9-11-24-12-13-25-17-19-39-33(51-27)29(25)21-24/h5,9,11-13,16-19,21,26-28,30-31H,1,6-8,10,14-15,20,22-23H2,2-4H3,(H,40,47)(H,41,44)(H,42,46)/b11-9+/t26-,27-,30+,31-,38-/m1/s1. The second kappa shape index (κ2) is 14.7. The molecular weight excluding hydrogens is 687 g/mol. The van der Waals surface area contributed by atoms with Crippen LogP contribution in [0.15, 0.2) is 61.3 Å². The number of aromatic nitrogens is 1. The SMILES string of the molecule is C=C[C@@H]1C=C[C@]1(NC(=O)[C@@H]1C[C@@H]2CN1C(=O)[C@H](C(C)(C)C)NC(=O)OCCCCC/C=C/c1ccc3ccnc(c3c1)O2)C(=O)NS(=O)(=O)C1CC1. The van der Waals surface area contributed by atoms with Crippen molar-refractivity contribution in [2.24, 2.45) is 11.3 Å². The zero-order valence-electron chi connectivity index (χ0n) is 29.8. The molecule has 1 saturated heterocycles. The van der Waals surface area contributed by atoms with Crippen molar-refractivity contribution in [1.82, 2.24) is 25.2 Å². The molecule has 52 heavy (non-hydrogen) atoms. The number of nitrogens with zero attached hydrogens (tertiary/aromatic N) is 2. The summed E-state index contributed by atoms with van der Waals surface area (Å²) in [4.78, 5) is 61.3. The van der Waals surface area contributed by atoms with Crippen LogP contribution in [0.25, 0.3) is 16.8 Å². The molecule has 6 rings (SSSR count). The van der Waals surface area contributed by atoms with Crippen molar-refractivity contribution in [1.29, 1.82) is 0 Å². The van der Waals surface area contributed by atoms with Crippen LogP contribution in [0.5, 0.6) is 5.88 Å². The molecule has 1 aromatic carbocycles. The molecule has 4 aliphatic rings. The first kappa shape index (κ1) is 37.1. The van der Waals surface area contributed by atoms with Crippen LogP contribution in [0.4, 0.5) is 4.79 Å². The van der Waals surface area contributed by atoms with Gasteiger partial charge in [0.2, 0.25) is 27.7 Å². The Morgan fingerprint density at radius 1 is 1.13 bits per heavy atom. The van der Waals surface area contributed by atoms with Gasteiger partial charge in [-0.1, -0.05) is 63.3 Å². The summed E-state index contributed by atoms with van der Waals surface area (Å²) >= 11 is 0. The molecule has 1 saturated carbocycles. The highest BCUT2D eigenvalue weighted by molar-refractivity contribution is 7.91. The van der Waals surface area contributed by atoms with E-state index in [2.05, 4.69) is 33.0 Å². The topological polar surface area (TPSA) is 173 Å². The Morgan fingerprint density at radius 3 is 2.62 bits per heavy atom. The molecule has 3 heterocycles. The number of allylic oxidation sites excluding steroid dienone is 1. The Bertz CT molecular complexity index is 1920. The number of pyridine rings is 1. The number of amides is 4. The molecule has 4 bridgehead atoms. The maximum Gasteiger partial charge on any atom is 0.407 e. The number of hydrogen-bond donors (Lipinski definition) is 3. The predicted octanol–water partition coefficient (Wildman–Crippen LogP) is 4.15. The van der Waals surface area contributed by atoms with Gasteiger partial charge in [0.05, 0.1) is 18.4 Å². The molecule has 0 unspecified atom stereocenters. The van der Waals surface area contributed by atoms with E-state index in [4.69, 9.17) is 9.47 Å². The van der Waals surface area contributed by atoms with Crippen molar-refractivity contribution in [2.75, 3.05) is 13.2 Å². The lowest BCUT2D eigenvalue weighted by molar-refractivity contribution is -0.143. The quantitative estimate of drug-likeness (QED) is 0.369. The van der Waals surface area contributed by atoms with Crippen LogP contribution in [0, 0.1) is 11.3 Å². The molecule has 1 aromatic heterocycles. The van der Waals surface area contributed by atoms with Crippen molar-refractivity contribution in [3.63, 3.8) is 0 Å². The fourth-order valence-corrected chi connectivity index (χ4v) is 8.18. The van der Waals surface area contributed by atoms with Crippen molar-refractivity contribution < 1.29 is 37.1 Å². The first-order chi connectivity index (χ1) is 24.7. The summed E-state index contributed by atoms with van der Waals surface area (Å²) in [6.07, 6.45) is 13.0. The summed E-state index contributed by atoms with van der Waals surface area (Å²) in [5.41, 5.74) is -1.58. The maximum absolute atomic E-state index is 14.5. The first-order valence-corrected chi connectivity index (χ1v) is 19.4. The van der Waals surface area contributed by atoms with Crippen LogP contribution >= 0.6 is 0 Å². The van der Waals surface area contributed by atoms with Gasteiger partial charge in [0, 0.05) is 23.9 Å². The Hall–Kier alpha value is -4.72. The van der Waals surface area contributed by atoms with E-state index in [0.29, 0.717) is 25.1 Å². The average molecular weight is 734 g/mol. The predicted molar refractivity (Wildman–Crippen MR) is 195 cm³/mol. The zero-order chi connectivity index (χ0) is 37.3. The van der Waals surface area contributed by atoms with Gasteiger partial charge in [-0.15, -0.1) is 6.58 Å². The Balaban J connectivity index is 1.34. The summed E-state index contributed by atoms with van der Waals surface area (Å²) in [6, 6.07) is 5.62. The van der Waals surface area contributed by atoms with Crippen molar-refractivity contribution >= 4 is 50.7 Å². The number of cyclic esters (lactones) is 1. The third-order valence-electron chi connectivity index (χ3n) is 10.1. The molecule has 278 valence electrons. The van der Waals surface area contributed by atoms with Gasteiger partial charge in [-0.3, -0.25) is 19.1 Å². The molecule has 2 aliphatic carbocycles. The number of nitrogens with one attached hydrogen (secondary N) is 3. The lowest BCUT2D eigenvalue weighted by Gasteiger charge is -2.42. The lowest BCUT2D eigenvalue weighted by atomic mass is 9.73. The van der Waals surface area contributed by atoms with E-state index >= 15 is 0 Å². The lowest BCUT2D eigenvalue weighted by Crippen LogP contribution is -2.67. The highest BCUT2D eigenvalue weighted by Gasteiger charge is 2.53. The third-order valence-corrected chi connectivity index (χ3v) is 11.9. The molecular formula is C38H47N5O8S. The summed E-state index contributed by atoms with van der Waals surface area (Å²) in [7, 11) is -3.94. The van der Waals surface area contributed by atoms with Crippen LogP contribution < -0.4 is 20.1 Å². The summed E-state index contributed by atoms with van der Waals surface area (Å²) in [6.45, 7) is 9.33. The van der Waals surface area contributed by atoms with Gasteiger partial charge in [0.25, 0.3) is 5.91 Å². The number of carbonyl (C=O) groups is 4. The fraction of sp³-hybridized carbons (Fsp3) is 0.500. The summed E-state index contributed by atoms with van der Waals surface area (Å²) < 4.78 is 39.6. The molecule has 13 nitrogen and oxygen atoms in total. The Kier molecular flexibility index (Phi) is 10.5. The number of rotatable bonds is 6. The van der Waals surface area contributed by atoms with Crippen LogP contribution in [0.2, 0.25) is 0 Å². The number of ether oxygens (including phenoxy) is 2. The molecule has 2 aromatic rings. The van der Waals surface area contributed by atoms with E-state index in [9.17, 15) is 27.6 Å². The molecule has 2 fully saturated rings. The molecule has 4 amide bonds. The van der Waals surface area contributed by atoms with E-state index < -0.39 is 74.1 Å². The van der Waals surface area contributed by atoms with E-state index in [1.54, 1.807) is 33.0 Å². The Labute approximate surface area is 304 Å². The monoisotopic (exact) mass is 733 g/mol. The normalized spacial score (nSPS) is 27.8. The van der Waals surface area contributed by atoms with Crippen molar-refractivity contribution in [3.05, 3.63) is 66.9 Å². The fourth-order valence-electron chi connectivity index (χ4n) is 6.82. The van der Waals surface area contributed by atoms with Gasteiger partial charge < -0.3 is 25.0 Å². The van der Waals surface area contributed by atoms with E-state index in [-0.39, 0.29) is 19.6 Å². The highest BCUT2D eigenvalue weighted by atomic mass is 32.2. The molecule has 14 heteroatoms. The van der Waals surface area contributed by atoms with Crippen LogP contribution in [-0.4, -0.2) is 84.2 Å². The van der Waals surface area contributed by atoms with Gasteiger partial charge >= 0.3 is 6.09 Å². The second-order valence-electron chi connectivity index (χ2n) is 15.1. The van der Waals surface area contributed by atoms with Crippen molar-refractivity contribution in [2.45, 2.75) is 94.7 Å². The largest absolute Gasteiger partial charge is 0.472 e. The number of carbonyl (C=O) groups excluding carboxylic acids is 4. The average Bonchev–Trinajstić information content (AvgIpc) is 3.87. The van der Waals surface area contributed by atoms with Crippen LogP contribution in [0.1, 0.15) is 71.3 Å². The van der Waals surface area contributed by atoms with Crippen LogP contribution in [0.3, 0.4) is 0 Å². The highest BCUT2D eigenvalue weighted by Crippen LogP contribution is 2.36. The smallest absolute Gasteiger partial charge is 0.407 e.